The molecule has 15 heteroatoms. The zero-order valence-corrected chi connectivity index (χ0v) is 19.6. The molecule has 1 atom stereocenters. The van der Waals surface area contributed by atoms with Gasteiger partial charge in [0.1, 0.15) is 5.82 Å². The molecular formula is C17H17ClFN5O6S2. The summed E-state index contributed by atoms with van der Waals surface area (Å²) in [4.78, 5) is 42.7. The van der Waals surface area contributed by atoms with Gasteiger partial charge in [-0.3, -0.25) is 13.9 Å². The van der Waals surface area contributed by atoms with Gasteiger partial charge in [0.2, 0.25) is 15.6 Å². The van der Waals surface area contributed by atoms with Crippen LogP contribution >= 0.6 is 23.8 Å². The van der Waals surface area contributed by atoms with Crippen LogP contribution in [0.1, 0.15) is 18.9 Å². The summed E-state index contributed by atoms with van der Waals surface area (Å²) in [6.45, 7) is 1.31. The molecule has 2 heterocycles. The third-order valence-electron chi connectivity index (χ3n) is 4.74. The van der Waals surface area contributed by atoms with Crippen molar-refractivity contribution in [1.29, 1.82) is 0 Å². The van der Waals surface area contributed by atoms with Crippen LogP contribution in [0.4, 0.5) is 4.39 Å². The Bertz CT molecular complexity index is 1440. The van der Waals surface area contributed by atoms with Gasteiger partial charge in [-0.25, -0.2) is 31.7 Å². The van der Waals surface area contributed by atoms with Gasteiger partial charge in [-0.15, -0.1) is 0 Å². The summed E-state index contributed by atoms with van der Waals surface area (Å²) in [5.74, 6) is -1.93. The summed E-state index contributed by atoms with van der Waals surface area (Å²) in [5.41, 5.74) is -3.70. The van der Waals surface area contributed by atoms with Gasteiger partial charge in [-0.1, -0.05) is 16.8 Å². The van der Waals surface area contributed by atoms with E-state index >= 15 is 0 Å². The molecule has 0 aliphatic carbocycles. The number of nitrogens with zero attached hydrogens (tertiary/aromatic N) is 4. The average Bonchev–Trinajstić information content (AvgIpc) is 3.08. The zero-order valence-electron chi connectivity index (χ0n) is 17.2. The van der Waals surface area contributed by atoms with Crippen molar-refractivity contribution in [3.63, 3.8) is 0 Å². The van der Waals surface area contributed by atoms with E-state index < -0.39 is 44.4 Å². The maximum absolute atomic E-state index is 14.8. The van der Waals surface area contributed by atoms with E-state index in [4.69, 9.17) is 28.7 Å². The molecule has 0 radical (unpaired) electrons. The van der Waals surface area contributed by atoms with Crippen molar-refractivity contribution in [2.24, 2.45) is 19.3 Å². The van der Waals surface area contributed by atoms with E-state index in [0.717, 1.165) is 27.5 Å². The van der Waals surface area contributed by atoms with E-state index in [0.29, 0.717) is 4.57 Å². The quantitative estimate of drug-likeness (QED) is 0.593. The zero-order chi connectivity index (χ0) is 24.2. The van der Waals surface area contributed by atoms with E-state index in [9.17, 15) is 27.2 Å². The number of hydrogen-bond donors (Lipinski definition) is 1. The number of carbonyl (C=O) groups is 1. The van der Waals surface area contributed by atoms with Gasteiger partial charge in [-0.05, 0) is 31.3 Å². The molecule has 0 fully saturated rings. The lowest BCUT2D eigenvalue weighted by molar-refractivity contribution is -0.139. The Kier molecular flexibility index (Phi) is 5.91. The van der Waals surface area contributed by atoms with Crippen molar-refractivity contribution in [3.8, 4) is 5.69 Å². The molecule has 1 aromatic heterocycles. The summed E-state index contributed by atoms with van der Waals surface area (Å²) >= 11 is 11.2. The molecule has 3 rings (SSSR count). The van der Waals surface area contributed by atoms with Crippen LogP contribution in [-0.2, 0) is 33.8 Å². The van der Waals surface area contributed by atoms with Gasteiger partial charge in [-0.2, -0.15) is 0 Å². The maximum atomic E-state index is 14.8. The molecule has 1 aromatic carbocycles. The second kappa shape index (κ2) is 7.94. The van der Waals surface area contributed by atoms with Gasteiger partial charge in [0.25, 0.3) is 5.91 Å². The van der Waals surface area contributed by atoms with E-state index in [1.54, 1.807) is 0 Å². The highest BCUT2D eigenvalue weighted by molar-refractivity contribution is 7.89. The first-order valence-electron chi connectivity index (χ1n) is 8.82. The molecule has 11 nitrogen and oxygen atoms in total. The predicted molar refractivity (Wildman–Crippen MR) is 116 cm³/mol. The SMILES string of the molecule is Cn1c(=S)n(C)c(=O)n(-c2cc(C3=NOC(C)(C(=O)NS(C)(=O)=O)C3)c(Cl)cc2F)c1=O. The summed E-state index contributed by atoms with van der Waals surface area (Å²) in [6, 6.07) is 2.00. The summed E-state index contributed by atoms with van der Waals surface area (Å²) < 4.78 is 41.8. The highest BCUT2D eigenvalue weighted by Crippen LogP contribution is 2.31. The first-order valence-corrected chi connectivity index (χ1v) is 11.5. The molecule has 0 saturated heterocycles. The highest BCUT2D eigenvalue weighted by Gasteiger charge is 2.44. The van der Waals surface area contributed by atoms with Crippen LogP contribution in [-0.4, -0.2) is 45.6 Å². The lowest BCUT2D eigenvalue weighted by Gasteiger charge is -2.19. The number of halogens is 2. The van der Waals surface area contributed by atoms with Gasteiger partial charge in [0, 0.05) is 26.1 Å². The van der Waals surface area contributed by atoms with Gasteiger partial charge < -0.3 is 4.84 Å². The molecule has 1 amide bonds. The average molecular weight is 506 g/mol. The van der Waals surface area contributed by atoms with Crippen molar-refractivity contribution in [2.75, 3.05) is 6.26 Å². The van der Waals surface area contributed by atoms with E-state index in [1.165, 1.54) is 21.0 Å². The van der Waals surface area contributed by atoms with Crippen LogP contribution in [0.2, 0.25) is 5.02 Å². The Balaban J connectivity index is 2.11. The van der Waals surface area contributed by atoms with E-state index in [-0.39, 0.29) is 27.5 Å². The summed E-state index contributed by atoms with van der Waals surface area (Å²) in [7, 11) is -1.19. The molecule has 32 heavy (non-hydrogen) atoms. The molecule has 1 aliphatic rings. The van der Waals surface area contributed by atoms with Crippen molar-refractivity contribution >= 4 is 45.5 Å². The number of sulfonamides is 1. The molecule has 0 bridgehead atoms. The van der Waals surface area contributed by atoms with Gasteiger partial charge >= 0.3 is 11.4 Å². The monoisotopic (exact) mass is 505 g/mol. The van der Waals surface area contributed by atoms with Crippen molar-refractivity contribution in [3.05, 3.63) is 54.3 Å². The predicted octanol–water partition coefficient (Wildman–Crippen LogP) is 0.356. The lowest BCUT2D eigenvalue weighted by atomic mass is 9.95. The number of oxime groups is 1. The van der Waals surface area contributed by atoms with E-state index in [2.05, 4.69) is 5.16 Å². The second-order valence-corrected chi connectivity index (χ2v) is 9.85. The Morgan fingerprint density at radius 3 is 2.38 bits per heavy atom. The molecule has 1 aliphatic heterocycles. The Morgan fingerprint density at radius 2 is 1.84 bits per heavy atom. The van der Waals surface area contributed by atoms with Crippen molar-refractivity contribution in [2.45, 2.75) is 18.9 Å². The van der Waals surface area contributed by atoms with Crippen LogP contribution in [0.15, 0.2) is 26.9 Å². The number of amides is 1. The number of aromatic nitrogens is 3. The largest absolute Gasteiger partial charge is 0.379 e. The first kappa shape index (κ1) is 23.8. The third-order valence-corrected chi connectivity index (χ3v) is 6.16. The van der Waals surface area contributed by atoms with Gasteiger partial charge in [0.05, 0.1) is 22.7 Å². The van der Waals surface area contributed by atoms with Crippen LogP contribution in [0, 0.1) is 10.6 Å². The van der Waals surface area contributed by atoms with Crippen LogP contribution in [0.3, 0.4) is 0 Å². The Morgan fingerprint density at radius 1 is 1.28 bits per heavy atom. The smallest absolute Gasteiger partial charge is 0.338 e. The normalized spacial score (nSPS) is 18.2. The molecule has 0 saturated carbocycles. The fourth-order valence-electron chi connectivity index (χ4n) is 2.99. The highest BCUT2D eigenvalue weighted by atomic mass is 35.5. The standard InChI is InChI=1S/C17H17ClFN5O6S2/c1-17(13(25)21-32(4,28)29)7-11(20-30-17)8-5-12(10(19)6-9(8)18)24-14(26)22(2)16(31)23(3)15(24)27/h5-6H,7H2,1-4H3,(H,21,25). The minimum atomic E-state index is -3.85. The molecule has 172 valence electrons. The fraction of sp³-hybridized carbons (Fsp3) is 0.353. The summed E-state index contributed by atoms with van der Waals surface area (Å²) in [5, 5.41) is 3.66. The lowest BCUT2D eigenvalue weighted by Crippen LogP contribution is -2.46. The first-order chi connectivity index (χ1) is 14.7. The van der Waals surface area contributed by atoms with Crippen molar-refractivity contribution in [1.82, 2.24) is 18.4 Å². The number of carbonyl (C=O) groups excluding carboxylic acids is 1. The Hall–Kier alpha value is -2.84. The number of nitrogens with one attached hydrogen (secondary N) is 1. The molecule has 2 aromatic rings. The van der Waals surface area contributed by atoms with E-state index in [1.807, 2.05) is 4.72 Å². The second-order valence-electron chi connectivity index (χ2n) is 7.32. The van der Waals surface area contributed by atoms with Crippen LogP contribution in [0.5, 0.6) is 0 Å². The molecule has 1 unspecified atom stereocenters. The summed E-state index contributed by atoms with van der Waals surface area (Å²) in [6.07, 6.45) is 0.589. The molecule has 1 N–H and O–H groups in total. The minimum Gasteiger partial charge on any atom is -0.379 e. The number of hydrogen-bond acceptors (Lipinski definition) is 8. The topological polar surface area (TPSA) is 134 Å². The fourth-order valence-corrected chi connectivity index (χ4v) is 3.96. The molecular weight excluding hydrogens is 489 g/mol. The minimum absolute atomic E-state index is 0.0629. The Labute approximate surface area is 190 Å². The number of rotatable bonds is 4. The van der Waals surface area contributed by atoms with Crippen LogP contribution in [0.25, 0.3) is 5.69 Å². The van der Waals surface area contributed by atoms with Crippen molar-refractivity contribution < 1.29 is 22.4 Å². The van der Waals surface area contributed by atoms with Crippen LogP contribution < -0.4 is 16.1 Å². The van der Waals surface area contributed by atoms with Gasteiger partial charge in [0.15, 0.2) is 4.77 Å². The molecule has 0 spiro atoms. The maximum Gasteiger partial charge on any atom is 0.338 e. The number of benzene rings is 1. The third kappa shape index (κ3) is 4.12.